The van der Waals surface area contributed by atoms with E-state index in [1.807, 2.05) is 6.92 Å². The molecule has 1 aliphatic heterocycles. The van der Waals surface area contributed by atoms with Crippen LogP contribution in [0.15, 0.2) is 23.9 Å². The highest BCUT2D eigenvalue weighted by atomic mass is 16.4. The summed E-state index contributed by atoms with van der Waals surface area (Å²) >= 11 is 0. The average molecular weight is 168 g/mol. The summed E-state index contributed by atoms with van der Waals surface area (Å²) in [6.45, 7) is 2.84. The van der Waals surface area contributed by atoms with Gasteiger partial charge in [-0.05, 0) is 18.7 Å². The van der Waals surface area contributed by atoms with Gasteiger partial charge in [0.25, 0.3) is 0 Å². The number of hydrogen-bond acceptors (Lipinski definition) is 3. The molecular weight excluding hydrogens is 156 g/mol. The number of nitrogens with one attached hydrogen (secondary N) is 2. The molecule has 1 rings (SSSR count). The average Bonchev–Trinajstić information content (AvgIpc) is 2.06. The predicted octanol–water partition coefficient (Wildman–Crippen LogP) is 0.0499. The zero-order chi connectivity index (χ0) is 8.97. The maximum Gasteiger partial charge on any atom is 0.337 e. The van der Waals surface area contributed by atoms with Crippen molar-refractivity contribution in [1.82, 2.24) is 10.6 Å². The van der Waals surface area contributed by atoms with Crippen molar-refractivity contribution in [2.24, 2.45) is 0 Å². The Kier molecular flexibility index (Phi) is 2.88. The molecule has 0 fully saturated rings. The fourth-order valence-corrected chi connectivity index (χ4v) is 0.963. The maximum absolute atomic E-state index is 10.4. The Hall–Kier alpha value is -1.29. The van der Waals surface area contributed by atoms with Crippen molar-refractivity contribution in [1.29, 1.82) is 0 Å². The summed E-state index contributed by atoms with van der Waals surface area (Å²) in [5.41, 5.74) is 0.282. The van der Waals surface area contributed by atoms with Crippen molar-refractivity contribution in [2.75, 3.05) is 6.54 Å². The monoisotopic (exact) mass is 168 g/mol. The first-order chi connectivity index (χ1) is 5.74. The highest BCUT2D eigenvalue weighted by molar-refractivity contribution is 5.89. The topological polar surface area (TPSA) is 61.4 Å². The molecule has 4 heteroatoms. The fraction of sp³-hybridized carbons (Fsp3) is 0.375. The Balaban J connectivity index is 2.49. The minimum Gasteiger partial charge on any atom is -0.478 e. The van der Waals surface area contributed by atoms with Gasteiger partial charge < -0.3 is 10.4 Å². The lowest BCUT2D eigenvalue weighted by molar-refractivity contribution is -0.132. The van der Waals surface area contributed by atoms with E-state index in [0.717, 1.165) is 6.54 Å². The Labute approximate surface area is 71.0 Å². The fourth-order valence-electron chi connectivity index (χ4n) is 0.963. The van der Waals surface area contributed by atoms with E-state index in [2.05, 4.69) is 10.6 Å². The van der Waals surface area contributed by atoms with E-state index in [9.17, 15) is 4.79 Å². The van der Waals surface area contributed by atoms with Crippen molar-refractivity contribution in [2.45, 2.75) is 13.1 Å². The summed E-state index contributed by atoms with van der Waals surface area (Å²) in [5.74, 6) is -0.909. The molecule has 0 saturated carbocycles. The van der Waals surface area contributed by atoms with Gasteiger partial charge in [0.2, 0.25) is 0 Å². The van der Waals surface area contributed by atoms with Crippen LogP contribution in [0.1, 0.15) is 6.92 Å². The molecular formula is C8H12N2O2. The van der Waals surface area contributed by atoms with Gasteiger partial charge in [-0.25, -0.2) is 4.79 Å². The Morgan fingerprint density at radius 2 is 2.58 bits per heavy atom. The van der Waals surface area contributed by atoms with Gasteiger partial charge in [-0.1, -0.05) is 6.92 Å². The molecule has 1 aliphatic rings. The van der Waals surface area contributed by atoms with Crippen LogP contribution < -0.4 is 10.6 Å². The first kappa shape index (κ1) is 8.80. The molecule has 1 atom stereocenters. The molecule has 66 valence electrons. The van der Waals surface area contributed by atoms with Gasteiger partial charge in [0, 0.05) is 6.20 Å². The van der Waals surface area contributed by atoms with E-state index in [-0.39, 0.29) is 11.7 Å². The van der Waals surface area contributed by atoms with Crippen molar-refractivity contribution in [3.8, 4) is 0 Å². The molecule has 0 aromatic heterocycles. The molecule has 0 saturated heterocycles. The van der Waals surface area contributed by atoms with E-state index < -0.39 is 5.97 Å². The third-order valence-electron chi connectivity index (χ3n) is 1.56. The third kappa shape index (κ3) is 2.10. The van der Waals surface area contributed by atoms with Crippen molar-refractivity contribution in [3.05, 3.63) is 23.9 Å². The summed E-state index contributed by atoms with van der Waals surface area (Å²) in [4.78, 5) is 10.4. The molecule has 4 nitrogen and oxygen atoms in total. The molecule has 12 heavy (non-hydrogen) atoms. The zero-order valence-electron chi connectivity index (χ0n) is 6.87. The van der Waals surface area contributed by atoms with Crippen LogP contribution in [0.25, 0.3) is 0 Å². The molecule has 0 aromatic carbocycles. The van der Waals surface area contributed by atoms with E-state index in [4.69, 9.17) is 5.11 Å². The highest BCUT2D eigenvalue weighted by Crippen LogP contribution is 2.01. The summed E-state index contributed by atoms with van der Waals surface area (Å²) in [7, 11) is 0. The molecule has 1 unspecified atom stereocenters. The van der Waals surface area contributed by atoms with Gasteiger partial charge in [-0.15, -0.1) is 0 Å². The number of dihydropyridines is 1. The normalized spacial score (nSPS) is 21.4. The Morgan fingerprint density at radius 3 is 3.00 bits per heavy atom. The van der Waals surface area contributed by atoms with E-state index in [1.165, 1.54) is 6.20 Å². The molecule has 3 N–H and O–H groups in total. The molecule has 0 aliphatic carbocycles. The lowest BCUT2D eigenvalue weighted by atomic mass is 10.2. The number of likely N-dealkylation sites (N-methyl/N-ethyl adjacent to an activating group) is 1. The standard InChI is InChI=1S/C8H12N2O2/c1-2-9-7-4-3-6(5-10-7)8(11)12/h3-5,7,9-10H,2H2,1H3,(H,11,12). The summed E-state index contributed by atoms with van der Waals surface area (Å²) < 4.78 is 0. The maximum atomic E-state index is 10.4. The van der Waals surface area contributed by atoms with Gasteiger partial charge in [0.1, 0.15) is 0 Å². The molecule has 0 spiro atoms. The van der Waals surface area contributed by atoms with Crippen LogP contribution in [0.4, 0.5) is 0 Å². The number of carboxylic acids is 1. The SMILES string of the molecule is CCNC1C=CC(C(=O)O)=CN1. The first-order valence-corrected chi connectivity index (χ1v) is 3.85. The van der Waals surface area contributed by atoms with Crippen molar-refractivity contribution < 1.29 is 9.90 Å². The molecule has 1 heterocycles. The van der Waals surface area contributed by atoms with Crippen LogP contribution in [0.5, 0.6) is 0 Å². The summed E-state index contributed by atoms with van der Waals surface area (Å²) in [6.07, 6.45) is 4.92. The van der Waals surface area contributed by atoms with E-state index in [1.54, 1.807) is 12.2 Å². The highest BCUT2D eigenvalue weighted by Gasteiger charge is 2.09. The molecule has 0 radical (unpaired) electrons. The quantitative estimate of drug-likeness (QED) is 0.557. The van der Waals surface area contributed by atoms with Crippen LogP contribution in [-0.2, 0) is 4.79 Å². The first-order valence-electron chi connectivity index (χ1n) is 3.85. The van der Waals surface area contributed by atoms with Crippen LogP contribution in [0.3, 0.4) is 0 Å². The number of carbonyl (C=O) groups is 1. The second kappa shape index (κ2) is 3.92. The molecule has 0 amide bonds. The van der Waals surface area contributed by atoms with Gasteiger partial charge >= 0.3 is 5.97 Å². The third-order valence-corrected chi connectivity index (χ3v) is 1.56. The van der Waals surface area contributed by atoms with Gasteiger partial charge in [0.05, 0.1) is 11.7 Å². The molecule has 0 aromatic rings. The zero-order valence-corrected chi connectivity index (χ0v) is 6.87. The Morgan fingerprint density at radius 1 is 1.83 bits per heavy atom. The largest absolute Gasteiger partial charge is 0.478 e. The van der Waals surface area contributed by atoms with Crippen molar-refractivity contribution >= 4 is 5.97 Å². The minimum absolute atomic E-state index is 0.0538. The molecule has 0 bridgehead atoms. The summed E-state index contributed by atoms with van der Waals surface area (Å²) in [5, 5.41) is 14.6. The number of aliphatic carboxylic acids is 1. The van der Waals surface area contributed by atoms with Crippen LogP contribution in [0.2, 0.25) is 0 Å². The van der Waals surface area contributed by atoms with Crippen LogP contribution in [-0.4, -0.2) is 23.8 Å². The van der Waals surface area contributed by atoms with Crippen LogP contribution in [0, 0.1) is 0 Å². The lowest BCUT2D eigenvalue weighted by Crippen LogP contribution is -2.39. The van der Waals surface area contributed by atoms with Gasteiger partial charge in [-0.3, -0.25) is 5.32 Å². The smallest absolute Gasteiger partial charge is 0.337 e. The second-order valence-corrected chi connectivity index (χ2v) is 2.47. The van der Waals surface area contributed by atoms with E-state index >= 15 is 0 Å². The number of carboxylic acid groups (broad SMARTS) is 1. The Bertz CT molecular complexity index is 233. The lowest BCUT2D eigenvalue weighted by Gasteiger charge is -2.17. The summed E-state index contributed by atoms with van der Waals surface area (Å²) in [6, 6.07) is 0. The van der Waals surface area contributed by atoms with Crippen LogP contribution >= 0.6 is 0 Å². The van der Waals surface area contributed by atoms with Crippen molar-refractivity contribution in [3.63, 3.8) is 0 Å². The minimum atomic E-state index is -0.909. The second-order valence-electron chi connectivity index (χ2n) is 2.47. The number of hydrogen-bond donors (Lipinski definition) is 3. The predicted molar refractivity (Wildman–Crippen MR) is 45.5 cm³/mol. The van der Waals surface area contributed by atoms with E-state index in [0.29, 0.717) is 0 Å². The van der Waals surface area contributed by atoms with Gasteiger partial charge in [-0.2, -0.15) is 0 Å². The van der Waals surface area contributed by atoms with Gasteiger partial charge in [0.15, 0.2) is 0 Å². The number of rotatable bonds is 3.